The molecule has 0 aliphatic heterocycles. The highest BCUT2D eigenvalue weighted by molar-refractivity contribution is 7.89. The van der Waals surface area contributed by atoms with E-state index < -0.39 is 10.0 Å². The molecule has 2 N–H and O–H groups in total. The van der Waals surface area contributed by atoms with Crippen LogP contribution in [0.2, 0.25) is 0 Å². The Balaban J connectivity index is 2.10. The average molecular weight is 369 g/mol. The van der Waals surface area contributed by atoms with Gasteiger partial charge in [-0.3, -0.25) is 0 Å². The normalized spacial score (nSPS) is 11.9. The van der Waals surface area contributed by atoms with Crippen LogP contribution in [0.25, 0.3) is 0 Å². The Morgan fingerprint density at radius 3 is 2.12 bits per heavy atom. The molecule has 0 radical (unpaired) electrons. The van der Waals surface area contributed by atoms with Crippen LogP contribution in [0.3, 0.4) is 0 Å². The van der Waals surface area contributed by atoms with Gasteiger partial charge < -0.3 is 5.11 Å². The van der Waals surface area contributed by atoms with E-state index in [9.17, 15) is 13.5 Å². The molecule has 0 heterocycles. The smallest absolute Gasteiger partial charge is 0.247 e. The first-order valence-corrected chi connectivity index (χ1v) is 11.0. The maximum atomic E-state index is 11.9. The van der Waals surface area contributed by atoms with Crippen LogP contribution in [-0.2, 0) is 10.0 Å². The molecule has 0 saturated heterocycles. The fraction of sp³-hybridized carbons (Fsp3) is 0.632. The molecule has 5 nitrogen and oxygen atoms in total. The number of hydrogen-bond donors (Lipinski definition) is 2. The number of phenolic OH excluding ortho intramolecular Hbond substituents is 1. The second-order valence-corrected chi connectivity index (χ2v) is 8.23. The van der Waals surface area contributed by atoms with Crippen LogP contribution >= 0.6 is 0 Å². The van der Waals surface area contributed by atoms with Crippen molar-refractivity contribution in [2.24, 2.45) is 5.10 Å². The quantitative estimate of drug-likeness (QED) is 0.287. The molecule has 0 atom stereocenters. The summed E-state index contributed by atoms with van der Waals surface area (Å²) in [6.07, 6.45) is 13.0. The fourth-order valence-corrected chi connectivity index (χ4v) is 3.49. The molecule has 0 unspecified atom stereocenters. The molecule has 0 fully saturated rings. The van der Waals surface area contributed by atoms with E-state index in [1.54, 1.807) is 18.2 Å². The number of hydrogen-bond acceptors (Lipinski definition) is 4. The van der Waals surface area contributed by atoms with Gasteiger partial charge in [0.25, 0.3) is 0 Å². The topological polar surface area (TPSA) is 78.8 Å². The van der Waals surface area contributed by atoms with Crippen LogP contribution in [0, 0.1) is 0 Å². The summed E-state index contributed by atoms with van der Waals surface area (Å²) in [7, 11) is -3.40. The number of unbranched alkanes of at least 4 members (excludes halogenated alkanes) is 9. The number of benzene rings is 1. The van der Waals surface area contributed by atoms with E-state index in [1.165, 1.54) is 57.2 Å². The second kappa shape index (κ2) is 12.8. The molecule has 0 saturated carbocycles. The zero-order valence-electron chi connectivity index (χ0n) is 15.3. The summed E-state index contributed by atoms with van der Waals surface area (Å²) in [6.45, 7) is 2.22. The third-order valence-corrected chi connectivity index (χ3v) is 5.31. The number of rotatable bonds is 14. The average Bonchev–Trinajstić information content (AvgIpc) is 2.58. The summed E-state index contributed by atoms with van der Waals surface area (Å²) >= 11 is 0. The lowest BCUT2D eigenvalue weighted by molar-refractivity contribution is 0.474. The van der Waals surface area contributed by atoms with Crippen molar-refractivity contribution in [1.82, 2.24) is 4.83 Å². The van der Waals surface area contributed by atoms with Crippen LogP contribution in [0.1, 0.15) is 76.7 Å². The highest BCUT2D eigenvalue weighted by atomic mass is 32.2. The third-order valence-electron chi connectivity index (χ3n) is 4.10. The van der Waals surface area contributed by atoms with Gasteiger partial charge in [0.15, 0.2) is 0 Å². The predicted octanol–water partition coefficient (Wildman–Crippen LogP) is 4.57. The van der Waals surface area contributed by atoms with Gasteiger partial charge in [0.2, 0.25) is 10.0 Å². The van der Waals surface area contributed by atoms with Crippen LogP contribution in [0.4, 0.5) is 0 Å². The molecule has 142 valence electrons. The number of phenols is 1. The van der Waals surface area contributed by atoms with E-state index in [-0.39, 0.29) is 11.5 Å². The second-order valence-electron chi connectivity index (χ2n) is 6.41. The molecule has 6 heteroatoms. The number of hydrazone groups is 1. The van der Waals surface area contributed by atoms with Gasteiger partial charge in [-0.05, 0) is 18.6 Å². The zero-order chi connectivity index (χ0) is 18.4. The van der Waals surface area contributed by atoms with Crippen molar-refractivity contribution in [1.29, 1.82) is 0 Å². The molecule has 0 bridgehead atoms. The molecule has 0 aliphatic rings. The van der Waals surface area contributed by atoms with Crippen molar-refractivity contribution < 1.29 is 13.5 Å². The summed E-state index contributed by atoms with van der Waals surface area (Å²) < 4.78 is 23.7. The fourth-order valence-electron chi connectivity index (χ4n) is 2.60. The van der Waals surface area contributed by atoms with Crippen LogP contribution < -0.4 is 4.83 Å². The minimum absolute atomic E-state index is 0.0696. The predicted molar refractivity (Wildman–Crippen MR) is 104 cm³/mol. The molecule has 0 aromatic heterocycles. The highest BCUT2D eigenvalue weighted by Crippen LogP contribution is 2.13. The van der Waals surface area contributed by atoms with E-state index in [0.717, 1.165) is 12.8 Å². The number of nitrogens with zero attached hydrogens (tertiary/aromatic N) is 1. The van der Waals surface area contributed by atoms with E-state index in [0.29, 0.717) is 12.0 Å². The van der Waals surface area contributed by atoms with E-state index >= 15 is 0 Å². The summed E-state index contributed by atoms with van der Waals surface area (Å²) in [4.78, 5) is 2.20. The summed E-state index contributed by atoms with van der Waals surface area (Å²) in [6, 6.07) is 6.64. The van der Waals surface area contributed by atoms with Crippen molar-refractivity contribution in [3.63, 3.8) is 0 Å². The molecule has 25 heavy (non-hydrogen) atoms. The number of para-hydroxylation sites is 1. The first kappa shape index (κ1) is 21.5. The largest absolute Gasteiger partial charge is 0.507 e. The maximum absolute atomic E-state index is 11.9. The van der Waals surface area contributed by atoms with Crippen molar-refractivity contribution in [3.05, 3.63) is 29.8 Å². The van der Waals surface area contributed by atoms with Crippen molar-refractivity contribution in [2.75, 3.05) is 5.75 Å². The molecule has 0 spiro atoms. The molecular formula is C19H32N2O3S. The minimum Gasteiger partial charge on any atom is -0.507 e. The molecule has 0 aliphatic carbocycles. The van der Waals surface area contributed by atoms with Crippen LogP contribution in [0.15, 0.2) is 29.4 Å². The van der Waals surface area contributed by atoms with Gasteiger partial charge in [0, 0.05) is 5.56 Å². The zero-order valence-corrected chi connectivity index (χ0v) is 16.1. The van der Waals surface area contributed by atoms with Crippen LogP contribution in [0.5, 0.6) is 5.75 Å². The first-order chi connectivity index (χ1) is 12.0. The van der Waals surface area contributed by atoms with Gasteiger partial charge in [-0.25, -0.2) is 13.2 Å². The Kier molecular flexibility index (Phi) is 11.0. The third kappa shape index (κ3) is 10.8. The lowest BCUT2D eigenvalue weighted by Gasteiger charge is -2.04. The molecule has 0 amide bonds. The Labute approximate surface area is 152 Å². The van der Waals surface area contributed by atoms with Gasteiger partial charge in [-0.2, -0.15) is 5.10 Å². The maximum Gasteiger partial charge on any atom is 0.247 e. The number of sulfonamides is 1. The number of aromatic hydroxyl groups is 1. The Hall–Kier alpha value is -1.56. The van der Waals surface area contributed by atoms with E-state index in [1.807, 2.05) is 0 Å². The van der Waals surface area contributed by atoms with Crippen molar-refractivity contribution in [3.8, 4) is 5.75 Å². The lowest BCUT2D eigenvalue weighted by atomic mass is 10.1. The van der Waals surface area contributed by atoms with Gasteiger partial charge in [-0.15, -0.1) is 0 Å². The van der Waals surface area contributed by atoms with Crippen molar-refractivity contribution in [2.45, 2.75) is 71.1 Å². The van der Waals surface area contributed by atoms with Gasteiger partial charge in [0.05, 0.1) is 12.0 Å². The van der Waals surface area contributed by atoms with Gasteiger partial charge in [-0.1, -0.05) is 76.8 Å². The monoisotopic (exact) mass is 368 g/mol. The van der Waals surface area contributed by atoms with E-state index in [4.69, 9.17) is 0 Å². The lowest BCUT2D eigenvalue weighted by Crippen LogP contribution is -2.21. The molecular weight excluding hydrogens is 336 g/mol. The Morgan fingerprint density at radius 2 is 1.52 bits per heavy atom. The summed E-state index contributed by atoms with van der Waals surface area (Å²) in [5.74, 6) is 0.155. The first-order valence-electron chi connectivity index (χ1n) is 9.35. The summed E-state index contributed by atoms with van der Waals surface area (Å²) in [5.41, 5.74) is 0.476. The SMILES string of the molecule is CCCCCCCCCCCCS(=O)(=O)NN=Cc1ccccc1O. The number of nitrogens with one attached hydrogen (secondary N) is 1. The van der Waals surface area contributed by atoms with E-state index in [2.05, 4.69) is 16.9 Å². The standard InChI is InChI=1S/C19H32N2O3S/c1-2-3-4-5-6-7-8-9-10-13-16-25(23,24)21-20-17-18-14-11-12-15-19(18)22/h11-12,14-15,17,21-22H,2-10,13,16H2,1H3. The Bertz CT molecular complexity index is 600. The van der Waals surface area contributed by atoms with Crippen molar-refractivity contribution >= 4 is 16.2 Å². The van der Waals surface area contributed by atoms with Crippen LogP contribution in [-0.4, -0.2) is 25.5 Å². The molecule has 1 aromatic rings. The Morgan fingerprint density at radius 1 is 0.960 bits per heavy atom. The van der Waals surface area contributed by atoms with Gasteiger partial charge in [0.1, 0.15) is 5.75 Å². The summed E-state index contributed by atoms with van der Waals surface area (Å²) in [5, 5.41) is 13.3. The molecule has 1 aromatic carbocycles. The highest BCUT2D eigenvalue weighted by Gasteiger charge is 2.07. The minimum atomic E-state index is -3.40. The molecule has 1 rings (SSSR count). The van der Waals surface area contributed by atoms with Gasteiger partial charge >= 0.3 is 0 Å².